The zero-order valence-corrected chi connectivity index (χ0v) is 11.9. The number of benzene rings is 2. The maximum atomic E-state index is 6.12. The maximum absolute atomic E-state index is 6.12. The molecule has 100 valence electrons. The van der Waals surface area contributed by atoms with Crippen LogP contribution in [0.15, 0.2) is 36.4 Å². The molecule has 0 radical (unpaired) electrons. The molecule has 0 atom stereocenters. The van der Waals surface area contributed by atoms with Crippen LogP contribution in [0.25, 0.3) is 22.3 Å². The minimum atomic E-state index is 0.545. The highest BCUT2D eigenvalue weighted by Gasteiger charge is 2.10. The second-order valence-electron chi connectivity index (χ2n) is 5.22. The fourth-order valence-electron chi connectivity index (χ4n) is 2.57. The summed E-state index contributed by atoms with van der Waals surface area (Å²) in [6, 6.07) is 12.3. The summed E-state index contributed by atoms with van der Waals surface area (Å²) in [6.07, 6.45) is 0. The topological polar surface area (TPSA) is 51.8 Å². The lowest BCUT2D eigenvalue weighted by Crippen LogP contribution is -2.00. The molecule has 2 N–H and O–H groups in total. The first kappa shape index (κ1) is 12.6. The largest absolute Gasteiger partial charge is 0.383 e. The summed E-state index contributed by atoms with van der Waals surface area (Å²) in [5.41, 5.74) is 11.6. The minimum absolute atomic E-state index is 0.545. The van der Waals surface area contributed by atoms with E-state index in [9.17, 15) is 0 Å². The van der Waals surface area contributed by atoms with Gasteiger partial charge in [-0.25, -0.2) is 9.97 Å². The quantitative estimate of drug-likeness (QED) is 0.726. The lowest BCUT2D eigenvalue weighted by atomic mass is 10.0. The first-order chi connectivity index (χ1) is 9.56. The molecule has 0 aliphatic heterocycles. The molecule has 0 aliphatic rings. The molecule has 0 amide bonds. The Morgan fingerprint density at radius 2 is 1.70 bits per heavy atom. The third-order valence-corrected chi connectivity index (χ3v) is 3.58. The highest BCUT2D eigenvalue weighted by atomic mass is 14.9. The summed E-state index contributed by atoms with van der Waals surface area (Å²) in [4.78, 5) is 9.16. The predicted molar refractivity (Wildman–Crippen MR) is 83.6 cm³/mol. The van der Waals surface area contributed by atoms with Crippen LogP contribution in [-0.2, 0) is 0 Å². The number of nitrogens with two attached hydrogens (primary N) is 1. The van der Waals surface area contributed by atoms with Gasteiger partial charge in [0, 0.05) is 10.9 Å². The van der Waals surface area contributed by atoms with Crippen LogP contribution in [0.5, 0.6) is 0 Å². The van der Waals surface area contributed by atoms with Crippen LogP contribution >= 0.6 is 0 Å². The van der Waals surface area contributed by atoms with Crippen molar-refractivity contribution >= 4 is 16.7 Å². The fraction of sp³-hybridized carbons (Fsp3) is 0.176. The molecular weight excluding hydrogens is 246 g/mol. The van der Waals surface area contributed by atoms with Crippen LogP contribution in [0.4, 0.5) is 5.82 Å². The Bertz CT molecular complexity index is 807. The number of nitrogen functional groups attached to an aromatic ring is 1. The Balaban J connectivity index is 2.28. The summed E-state index contributed by atoms with van der Waals surface area (Å²) in [7, 11) is 0. The standard InChI is InChI=1S/C17H17N3/c1-10-7-8-13(12(3)9-10)17-19-14-6-4-5-11(2)15(14)16(18)20-17/h4-9H,1-3H3,(H2,18,19,20). The number of nitrogens with zero attached hydrogens (tertiary/aromatic N) is 2. The van der Waals surface area contributed by atoms with E-state index in [1.165, 1.54) is 5.56 Å². The summed E-state index contributed by atoms with van der Waals surface area (Å²) in [5, 5.41) is 0.945. The monoisotopic (exact) mass is 263 g/mol. The first-order valence-corrected chi connectivity index (χ1v) is 6.67. The second-order valence-corrected chi connectivity index (χ2v) is 5.22. The predicted octanol–water partition coefficient (Wildman–Crippen LogP) is 3.80. The van der Waals surface area contributed by atoms with Crippen LogP contribution < -0.4 is 5.73 Å². The van der Waals surface area contributed by atoms with Crippen LogP contribution in [-0.4, -0.2) is 9.97 Å². The molecular formula is C17H17N3. The van der Waals surface area contributed by atoms with Crippen molar-refractivity contribution < 1.29 is 0 Å². The van der Waals surface area contributed by atoms with E-state index in [0.29, 0.717) is 11.6 Å². The zero-order valence-electron chi connectivity index (χ0n) is 11.9. The van der Waals surface area contributed by atoms with Crippen LogP contribution in [0.2, 0.25) is 0 Å². The number of aromatic nitrogens is 2. The maximum Gasteiger partial charge on any atom is 0.162 e. The highest BCUT2D eigenvalue weighted by molar-refractivity contribution is 5.92. The van der Waals surface area contributed by atoms with Gasteiger partial charge in [0.15, 0.2) is 5.82 Å². The molecule has 0 unspecified atom stereocenters. The second kappa shape index (κ2) is 4.60. The SMILES string of the molecule is Cc1ccc(-c2nc(N)c3c(C)cccc3n2)c(C)c1. The van der Waals surface area contributed by atoms with Gasteiger partial charge in [-0.1, -0.05) is 35.9 Å². The van der Waals surface area contributed by atoms with E-state index in [4.69, 9.17) is 5.73 Å². The average molecular weight is 263 g/mol. The molecule has 0 spiro atoms. The Hall–Kier alpha value is -2.42. The Morgan fingerprint density at radius 3 is 2.45 bits per heavy atom. The van der Waals surface area contributed by atoms with Gasteiger partial charge < -0.3 is 5.73 Å². The van der Waals surface area contributed by atoms with E-state index in [1.54, 1.807) is 0 Å². The first-order valence-electron chi connectivity index (χ1n) is 6.67. The number of fused-ring (bicyclic) bond motifs is 1. The normalized spacial score (nSPS) is 10.9. The van der Waals surface area contributed by atoms with Crippen molar-refractivity contribution in [3.05, 3.63) is 53.1 Å². The highest BCUT2D eigenvalue weighted by Crippen LogP contribution is 2.27. The molecule has 3 heteroatoms. The van der Waals surface area contributed by atoms with Crippen molar-refractivity contribution in [1.29, 1.82) is 0 Å². The number of rotatable bonds is 1. The summed E-state index contributed by atoms with van der Waals surface area (Å²) >= 11 is 0. The third-order valence-electron chi connectivity index (χ3n) is 3.58. The molecule has 3 rings (SSSR count). The average Bonchev–Trinajstić information content (AvgIpc) is 2.38. The van der Waals surface area contributed by atoms with Gasteiger partial charge in [0.1, 0.15) is 5.82 Å². The van der Waals surface area contributed by atoms with Gasteiger partial charge in [0.05, 0.1) is 5.52 Å². The summed E-state index contributed by atoms with van der Waals surface area (Å²) in [5.74, 6) is 1.24. The van der Waals surface area contributed by atoms with Gasteiger partial charge in [0.25, 0.3) is 0 Å². The third kappa shape index (κ3) is 2.01. The van der Waals surface area contributed by atoms with Gasteiger partial charge in [-0.05, 0) is 38.0 Å². The van der Waals surface area contributed by atoms with E-state index in [0.717, 1.165) is 27.6 Å². The molecule has 20 heavy (non-hydrogen) atoms. The molecule has 0 fully saturated rings. The number of aryl methyl sites for hydroxylation is 3. The van der Waals surface area contributed by atoms with Gasteiger partial charge in [-0.15, -0.1) is 0 Å². The lowest BCUT2D eigenvalue weighted by molar-refractivity contribution is 1.21. The van der Waals surface area contributed by atoms with Gasteiger partial charge in [-0.3, -0.25) is 0 Å². The van der Waals surface area contributed by atoms with Crippen LogP contribution in [0.3, 0.4) is 0 Å². The van der Waals surface area contributed by atoms with Crippen LogP contribution in [0, 0.1) is 20.8 Å². The lowest BCUT2D eigenvalue weighted by Gasteiger charge is -2.09. The van der Waals surface area contributed by atoms with Crippen molar-refractivity contribution in [3.8, 4) is 11.4 Å². The van der Waals surface area contributed by atoms with Crippen molar-refractivity contribution in [2.24, 2.45) is 0 Å². The van der Waals surface area contributed by atoms with E-state index in [-0.39, 0.29) is 0 Å². The van der Waals surface area contributed by atoms with Crippen molar-refractivity contribution in [1.82, 2.24) is 9.97 Å². The Kier molecular flexibility index (Phi) is 2.90. The molecule has 3 aromatic rings. The molecule has 0 aliphatic carbocycles. The Labute approximate surface area is 118 Å². The zero-order chi connectivity index (χ0) is 14.3. The number of anilines is 1. The Morgan fingerprint density at radius 1 is 0.900 bits per heavy atom. The molecule has 1 heterocycles. The van der Waals surface area contributed by atoms with Gasteiger partial charge >= 0.3 is 0 Å². The van der Waals surface area contributed by atoms with Crippen molar-refractivity contribution in [2.75, 3.05) is 5.73 Å². The summed E-state index contributed by atoms with van der Waals surface area (Å²) in [6.45, 7) is 6.18. The van der Waals surface area contributed by atoms with Gasteiger partial charge in [0.2, 0.25) is 0 Å². The number of hydrogen-bond acceptors (Lipinski definition) is 3. The molecule has 0 saturated heterocycles. The fourth-order valence-corrected chi connectivity index (χ4v) is 2.57. The van der Waals surface area contributed by atoms with Gasteiger partial charge in [-0.2, -0.15) is 0 Å². The van der Waals surface area contributed by atoms with E-state index in [2.05, 4.69) is 42.0 Å². The summed E-state index contributed by atoms with van der Waals surface area (Å²) < 4.78 is 0. The minimum Gasteiger partial charge on any atom is -0.383 e. The molecule has 1 aromatic heterocycles. The number of hydrogen-bond donors (Lipinski definition) is 1. The molecule has 3 nitrogen and oxygen atoms in total. The molecule has 0 bridgehead atoms. The van der Waals surface area contributed by atoms with E-state index < -0.39 is 0 Å². The van der Waals surface area contributed by atoms with Crippen molar-refractivity contribution in [3.63, 3.8) is 0 Å². The van der Waals surface area contributed by atoms with E-state index >= 15 is 0 Å². The molecule has 2 aromatic carbocycles. The molecule has 0 saturated carbocycles. The van der Waals surface area contributed by atoms with E-state index in [1.807, 2.05) is 25.1 Å². The van der Waals surface area contributed by atoms with Crippen LogP contribution in [0.1, 0.15) is 16.7 Å². The smallest absolute Gasteiger partial charge is 0.162 e. The van der Waals surface area contributed by atoms with Crippen molar-refractivity contribution in [2.45, 2.75) is 20.8 Å².